The summed E-state index contributed by atoms with van der Waals surface area (Å²) in [4.78, 5) is 43.8. The van der Waals surface area contributed by atoms with Crippen molar-refractivity contribution in [3.05, 3.63) is 12.3 Å². The Morgan fingerprint density at radius 2 is 1.64 bits per heavy atom. The Labute approximate surface area is 267 Å². The fraction of sp³-hybridized carbons (Fsp3) is 0.815. The van der Waals surface area contributed by atoms with Crippen molar-refractivity contribution < 1.29 is 97.8 Å². The van der Waals surface area contributed by atoms with Gasteiger partial charge in [0.15, 0.2) is 12.2 Å². The summed E-state index contributed by atoms with van der Waals surface area (Å²) in [5, 5.41) is 73.1. The number of fused-ring (bicyclic) bond motifs is 1. The molecular formula is C27H40O20. The minimum Gasteiger partial charge on any atom is -0.488 e. The molecular weight excluding hydrogens is 644 g/mol. The first-order chi connectivity index (χ1) is 22.2. The third-order valence-electron chi connectivity index (χ3n) is 8.20. The lowest BCUT2D eigenvalue weighted by atomic mass is 9.89. The van der Waals surface area contributed by atoms with E-state index in [-0.39, 0.29) is 25.4 Å². The van der Waals surface area contributed by atoms with Crippen molar-refractivity contribution >= 4 is 18.4 Å². The number of hydrogen-bond donors (Lipinski definition) is 7. The second kappa shape index (κ2) is 15.8. The molecule has 0 spiro atoms. The number of esters is 1. The lowest BCUT2D eigenvalue weighted by molar-refractivity contribution is -0.430. The van der Waals surface area contributed by atoms with Crippen molar-refractivity contribution in [1.82, 2.24) is 0 Å². The molecule has 7 N–H and O–H groups in total. The molecule has 4 heterocycles. The molecule has 20 heteroatoms. The zero-order chi connectivity index (χ0) is 34.6. The van der Waals surface area contributed by atoms with Gasteiger partial charge in [0.1, 0.15) is 49.3 Å². The monoisotopic (exact) mass is 684 g/mol. The molecule has 268 valence electrons. The lowest BCUT2D eigenvalue weighted by Crippen LogP contribution is -2.66. The standard InChI is InChI=1S/C27H40O20/c1-10-12(17(30)19(32)15(43-10)7-39-11(2)29)5-42-47-26-22(35)18(31)13(23(45-26)25(36)37)4-38-6-14-20(33)21(34)24-16(44-14)8-40-27(3,46-24)41-9-28/h9,12-24,26,30-35H,1,4-8H2,2-3H3,(H,36,37). The summed E-state index contributed by atoms with van der Waals surface area (Å²) in [5.74, 6) is -6.44. The number of hydrogen-bond acceptors (Lipinski definition) is 19. The molecule has 4 rings (SSSR count). The Hall–Kier alpha value is -2.57. The Morgan fingerprint density at radius 3 is 2.30 bits per heavy atom. The van der Waals surface area contributed by atoms with Crippen molar-refractivity contribution in [2.24, 2.45) is 11.8 Å². The van der Waals surface area contributed by atoms with Crippen LogP contribution < -0.4 is 0 Å². The molecule has 0 bridgehead atoms. The van der Waals surface area contributed by atoms with Crippen LogP contribution in [0.2, 0.25) is 0 Å². The van der Waals surface area contributed by atoms with E-state index >= 15 is 0 Å². The number of ether oxygens (including phenoxy) is 8. The maximum absolute atomic E-state index is 12.0. The van der Waals surface area contributed by atoms with Gasteiger partial charge in [-0.15, -0.1) is 0 Å². The van der Waals surface area contributed by atoms with E-state index in [0.29, 0.717) is 0 Å². The maximum Gasteiger partial charge on any atom is 0.333 e. The van der Waals surface area contributed by atoms with E-state index in [1.807, 2.05) is 0 Å². The number of aliphatic hydroxyl groups excluding tert-OH is 6. The van der Waals surface area contributed by atoms with Crippen LogP contribution in [0.25, 0.3) is 0 Å². The molecule has 4 fully saturated rings. The highest BCUT2D eigenvalue weighted by atomic mass is 17.2. The molecule has 0 aromatic rings. The fourth-order valence-corrected chi connectivity index (χ4v) is 5.55. The van der Waals surface area contributed by atoms with Gasteiger partial charge in [-0.25, -0.2) is 14.6 Å². The van der Waals surface area contributed by atoms with Gasteiger partial charge in [0.25, 0.3) is 6.47 Å². The predicted octanol–water partition coefficient (Wildman–Crippen LogP) is -4.34. The first-order valence-electron chi connectivity index (χ1n) is 14.6. The van der Waals surface area contributed by atoms with Crippen molar-refractivity contribution in [1.29, 1.82) is 0 Å². The summed E-state index contributed by atoms with van der Waals surface area (Å²) < 4.78 is 42.3. The second-order valence-corrected chi connectivity index (χ2v) is 11.5. The van der Waals surface area contributed by atoms with E-state index in [0.717, 1.165) is 6.92 Å². The minimum atomic E-state index is -1.85. The molecule has 0 aromatic carbocycles. The summed E-state index contributed by atoms with van der Waals surface area (Å²) >= 11 is 0. The van der Waals surface area contributed by atoms with Gasteiger partial charge >= 0.3 is 17.9 Å². The van der Waals surface area contributed by atoms with Gasteiger partial charge in [0, 0.05) is 19.8 Å². The van der Waals surface area contributed by atoms with E-state index in [2.05, 4.69) is 6.58 Å². The molecule has 0 aliphatic carbocycles. The third-order valence-corrected chi connectivity index (χ3v) is 8.20. The molecule has 0 aromatic heterocycles. The summed E-state index contributed by atoms with van der Waals surface area (Å²) in [6, 6.07) is 0. The van der Waals surface area contributed by atoms with E-state index in [4.69, 9.17) is 47.7 Å². The van der Waals surface area contributed by atoms with Gasteiger partial charge in [-0.2, -0.15) is 0 Å². The molecule has 0 amide bonds. The Balaban J connectivity index is 1.27. The van der Waals surface area contributed by atoms with Gasteiger partial charge in [-0.05, 0) is 0 Å². The smallest absolute Gasteiger partial charge is 0.333 e. The molecule has 0 radical (unpaired) electrons. The predicted molar refractivity (Wildman–Crippen MR) is 143 cm³/mol. The van der Waals surface area contributed by atoms with E-state index in [9.17, 15) is 50.1 Å². The number of carboxylic acid groups (broad SMARTS) is 1. The van der Waals surface area contributed by atoms with Gasteiger partial charge in [0.05, 0.1) is 50.3 Å². The van der Waals surface area contributed by atoms with Crippen LogP contribution in [0.4, 0.5) is 0 Å². The molecule has 0 saturated carbocycles. The van der Waals surface area contributed by atoms with E-state index < -0.39 is 123 Å². The molecule has 20 nitrogen and oxygen atoms in total. The quantitative estimate of drug-likeness (QED) is 0.0418. The van der Waals surface area contributed by atoms with Crippen LogP contribution in [0.1, 0.15) is 13.8 Å². The van der Waals surface area contributed by atoms with Crippen molar-refractivity contribution in [2.45, 2.75) is 93.3 Å². The number of carbonyl (C=O) groups is 3. The van der Waals surface area contributed by atoms with Gasteiger partial charge in [0.2, 0.25) is 6.29 Å². The van der Waals surface area contributed by atoms with Crippen LogP contribution in [-0.2, 0) is 62.1 Å². The van der Waals surface area contributed by atoms with Crippen LogP contribution >= 0.6 is 0 Å². The average Bonchev–Trinajstić information content (AvgIpc) is 3.01. The first kappa shape index (κ1) is 37.3. The molecule has 47 heavy (non-hydrogen) atoms. The third kappa shape index (κ3) is 8.54. The van der Waals surface area contributed by atoms with Crippen molar-refractivity contribution in [2.75, 3.05) is 33.0 Å². The summed E-state index contributed by atoms with van der Waals surface area (Å²) in [7, 11) is 0. The number of carbonyl (C=O) groups excluding carboxylic acids is 2. The average molecular weight is 685 g/mol. The first-order valence-corrected chi connectivity index (χ1v) is 14.6. The fourth-order valence-electron chi connectivity index (χ4n) is 5.55. The van der Waals surface area contributed by atoms with Crippen LogP contribution in [0.3, 0.4) is 0 Å². The largest absolute Gasteiger partial charge is 0.488 e. The summed E-state index contributed by atoms with van der Waals surface area (Å²) in [6.45, 7) is 4.24. The molecule has 4 saturated heterocycles. The molecule has 15 unspecified atom stereocenters. The van der Waals surface area contributed by atoms with Crippen LogP contribution in [0, 0.1) is 11.8 Å². The Bertz CT molecular complexity index is 1100. The van der Waals surface area contributed by atoms with E-state index in [1.54, 1.807) is 0 Å². The number of aliphatic carboxylic acids is 1. The second-order valence-electron chi connectivity index (χ2n) is 11.5. The molecule has 4 aliphatic rings. The van der Waals surface area contributed by atoms with Crippen molar-refractivity contribution in [3.63, 3.8) is 0 Å². The number of carboxylic acids is 1. The topological polar surface area (TPSA) is 285 Å². The van der Waals surface area contributed by atoms with Crippen molar-refractivity contribution in [3.8, 4) is 0 Å². The Morgan fingerprint density at radius 1 is 0.936 bits per heavy atom. The summed E-state index contributed by atoms with van der Waals surface area (Å²) in [6.07, 6.45) is -17.6. The van der Waals surface area contributed by atoms with E-state index in [1.165, 1.54) is 6.92 Å². The highest BCUT2D eigenvalue weighted by Crippen LogP contribution is 2.34. The van der Waals surface area contributed by atoms with Crippen LogP contribution in [-0.4, -0.2) is 167 Å². The van der Waals surface area contributed by atoms with Gasteiger partial charge < -0.3 is 73.6 Å². The zero-order valence-corrected chi connectivity index (χ0v) is 25.3. The molecule has 15 atom stereocenters. The molecule has 4 aliphatic heterocycles. The number of rotatable bonds is 13. The SMILES string of the molecule is C=C1OC(COC(C)=O)C(O)C(O)C1COOC1OC(C(=O)O)C(COCC2OC3COC(C)(OC=O)OC3C(O)C2O)C(O)C1O. The normalized spacial score (nSPS) is 43.7. The Kier molecular flexibility index (Phi) is 12.5. The highest BCUT2D eigenvalue weighted by Gasteiger charge is 2.53. The van der Waals surface area contributed by atoms with Crippen LogP contribution in [0.5, 0.6) is 0 Å². The highest BCUT2D eigenvalue weighted by molar-refractivity contribution is 5.73. The maximum atomic E-state index is 12.0. The summed E-state index contributed by atoms with van der Waals surface area (Å²) in [5.41, 5.74) is 0. The van der Waals surface area contributed by atoms with Crippen LogP contribution in [0.15, 0.2) is 12.3 Å². The van der Waals surface area contributed by atoms with Gasteiger partial charge in [-0.3, -0.25) is 9.59 Å². The lowest BCUT2D eigenvalue weighted by Gasteiger charge is -2.48. The minimum absolute atomic E-state index is 0.0432. The number of aliphatic hydroxyl groups is 6. The zero-order valence-electron chi connectivity index (χ0n) is 25.3. The van der Waals surface area contributed by atoms with Gasteiger partial charge in [-0.1, -0.05) is 6.58 Å².